The Kier molecular flexibility index (Phi) is 4.97. The number of halogens is 1. The molecule has 0 aromatic heterocycles. The monoisotopic (exact) mass is 287 g/mol. The van der Waals surface area contributed by atoms with Gasteiger partial charge in [-0.2, -0.15) is 0 Å². The van der Waals surface area contributed by atoms with Gasteiger partial charge in [-0.15, -0.1) is 0 Å². The van der Waals surface area contributed by atoms with E-state index in [1.807, 2.05) is 13.1 Å². The zero-order valence-corrected chi connectivity index (χ0v) is 13.0. The third-order valence-corrected chi connectivity index (χ3v) is 3.85. The first-order valence-corrected chi connectivity index (χ1v) is 7.12. The van der Waals surface area contributed by atoms with Crippen LogP contribution in [0, 0.1) is 19.7 Å². The van der Waals surface area contributed by atoms with Gasteiger partial charge in [0, 0.05) is 6.04 Å². The van der Waals surface area contributed by atoms with Crippen molar-refractivity contribution in [2.75, 3.05) is 14.2 Å². The Labute approximate surface area is 126 Å². The van der Waals surface area contributed by atoms with E-state index in [2.05, 4.69) is 37.4 Å². The number of methoxy groups -OCH3 is 1. The van der Waals surface area contributed by atoms with Crippen LogP contribution in [0.3, 0.4) is 0 Å². The van der Waals surface area contributed by atoms with Gasteiger partial charge in [0.1, 0.15) is 0 Å². The van der Waals surface area contributed by atoms with Crippen molar-refractivity contribution < 1.29 is 9.13 Å². The second-order valence-electron chi connectivity index (χ2n) is 5.37. The topological polar surface area (TPSA) is 21.3 Å². The molecule has 0 radical (unpaired) electrons. The number of aryl methyl sites for hydroxylation is 2. The summed E-state index contributed by atoms with van der Waals surface area (Å²) < 4.78 is 18.6. The van der Waals surface area contributed by atoms with Crippen molar-refractivity contribution >= 4 is 0 Å². The van der Waals surface area contributed by atoms with Crippen LogP contribution in [0.15, 0.2) is 36.4 Å². The zero-order chi connectivity index (χ0) is 15.4. The normalized spacial score (nSPS) is 12.2. The Morgan fingerprint density at radius 2 is 1.90 bits per heavy atom. The highest BCUT2D eigenvalue weighted by Crippen LogP contribution is 2.26. The Balaban J connectivity index is 2.29. The van der Waals surface area contributed by atoms with Crippen molar-refractivity contribution in [3.05, 3.63) is 64.5 Å². The summed E-state index contributed by atoms with van der Waals surface area (Å²) in [5.41, 5.74) is 4.85. The Bertz CT molecular complexity index is 625. The first kappa shape index (κ1) is 15.5. The van der Waals surface area contributed by atoms with Gasteiger partial charge in [-0.3, -0.25) is 0 Å². The highest BCUT2D eigenvalue weighted by Gasteiger charge is 2.14. The van der Waals surface area contributed by atoms with Crippen LogP contribution in [0.4, 0.5) is 4.39 Å². The number of hydrogen-bond donors (Lipinski definition) is 1. The lowest BCUT2D eigenvalue weighted by molar-refractivity contribution is 0.385. The highest BCUT2D eigenvalue weighted by atomic mass is 19.1. The average Bonchev–Trinajstić information content (AvgIpc) is 2.49. The molecule has 2 nitrogen and oxygen atoms in total. The standard InChI is InChI=1S/C18H22FNO/c1-12-5-6-13(2)15(9-12)10-17(20-3)14-7-8-16(19)18(11-14)21-4/h5-9,11,17,20H,10H2,1-4H3. The molecule has 1 unspecified atom stereocenters. The maximum Gasteiger partial charge on any atom is 0.165 e. The van der Waals surface area contributed by atoms with E-state index in [0.717, 1.165) is 12.0 Å². The van der Waals surface area contributed by atoms with Gasteiger partial charge < -0.3 is 10.1 Å². The number of ether oxygens (including phenoxy) is 1. The molecule has 0 amide bonds. The summed E-state index contributed by atoms with van der Waals surface area (Å²) in [4.78, 5) is 0. The Morgan fingerprint density at radius 3 is 2.57 bits per heavy atom. The predicted molar refractivity (Wildman–Crippen MR) is 84.4 cm³/mol. The van der Waals surface area contributed by atoms with E-state index in [4.69, 9.17) is 4.74 Å². The van der Waals surface area contributed by atoms with Crippen LogP contribution < -0.4 is 10.1 Å². The van der Waals surface area contributed by atoms with Gasteiger partial charge in [-0.25, -0.2) is 4.39 Å². The maximum absolute atomic E-state index is 13.5. The molecule has 0 fully saturated rings. The van der Waals surface area contributed by atoms with E-state index in [1.54, 1.807) is 6.07 Å². The summed E-state index contributed by atoms with van der Waals surface area (Å²) in [6.45, 7) is 4.21. The molecule has 3 heteroatoms. The van der Waals surface area contributed by atoms with Gasteiger partial charge >= 0.3 is 0 Å². The van der Waals surface area contributed by atoms with E-state index in [0.29, 0.717) is 0 Å². The van der Waals surface area contributed by atoms with E-state index < -0.39 is 0 Å². The average molecular weight is 287 g/mol. The van der Waals surface area contributed by atoms with Crippen molar-refractivity contribution in [3.8, 4) is 5.75 Å². The lowest BCUT2D eigenvalue weighted by Crippen LogP contribution is -2.19. The van der Waals surface area contributed by atoms with Gasteiger partial charge in [0.25, 0.3) is 0 Å². The maximum atomic E-state index is 13.5. The molecule has 1 N–H and O–H groups in total. The van der Waals surface area contributed by atoms with E-state index >= 15 is 0 Å². The van der Waals surface area contributed by atoms with Crippen LogP contribution in [-0.2, 0) is 6.42 Å². The van der Waals surface area contributed by atoms with Crippen molar-refractivity contribution in [2.24, 2.45) is 0 Å². The Morgan fingerprint density at radius 1 is 1.14 bits per heavy atom. The summed E-state index contributed by atoms with van der Waals surface area (Å²) in [5, 5.41) is 3.31. The van der Waals surface area contributed by atoms with Crippen molar-refractivity contribution in [1.29, 1.82) is 0 Å². The molecule has 112 valence electrons. The largest absolute Gasteiger partial charge is 0.494 e. The molecule has 2 rings (SSSR count). The molecule has 2 aromatic rings. The molecule has 0 aliphatic heterocycles. The van der Waals surface area contributed by atoms with Gasteiger partial charge in [-0.05, 0) is 56.1 Å². The lowest BCUT2D eigenvalue weighted by Gasteiger charge is -2.19. The van der Waals surface area contributed by atoms with Crippen molar-refractivity contribution in [1.82, 2.24) is 5.32 Å². The summed E-state index contributed by atoms with van der Waals surface area (Å²) in [6.07, 6.45) is 0.860. The number of benzene rings is 2. The number of rotatable bonds is 5. The van der Waals surface area contributed by atoms with Crippen LogP contribution in [-0.4, -0.2) is 14.2 Å². The highest BCUT2D eigenvalue weighted by molar-refractivity contribution is 5.35. The van der Waals surface area contributed by atoms with Crippen LogP contribution in [0.5, 0.6) is 5.75 Å². The smallest absolute Gasteiger partial charge is 0.165 e. The second-order valence-corrected chi connectivity index (χ2v) is 5.37. The molecule has 0 saturated carbocycles. The molecular formula is C18H22FNO. The molecule has 0 aliphatic carbocycles. The second kappa shape index (κ2) is 6.72. The molecule has 1 atom stereocenters. The molecule has 0 saturated heterocycles. The van der Waals surface area contributed by atoms with Crippen molar-refractivity contribution in [2.45, 2.75) is 26.3 Å². The van der Waals surface area contributed by atoms with Gasteiger partial charge in [0.2, 0.25) is 0 Å². The van der Waals surface area contributed by atoms with Gasteiger partial charge in [0.15, 0.2) is 11.6 Å². The summed E-state index contributed by atoms with van der Waals surface area (Å²) in [6, 6.07) is 11.6. The molecule has 0 spiro atoms. The number of hydrogen-bond acceptors (Lipinski definition) is 2. The predicted octanol–water partition coefficient (Wildman–Crippen LogP) is 3.95. The van der Waals surface area contributed by atoms with Gasteiger partial charge in [0.05, 0.1) is 7.11 Å². The SMILES string of the molecule is CNC(Cc1cc(C)ccc1C)c1ccc(F)c(OC)c1. The summed E-state index contributed by atoms with van der Waals surface area (Å²) in [7, 11) is 3.41. The number of nitrogens with one attached hydrogen (secondary N) is 1. The lowest BCUT2D eigenvalue weighted by atomic mass is 9.95. The summed E-state index contributed by atoms with van der Waals surface area (Å²) in [5.74, 6) is -0.0449. The summed E-state index contributed by atoms with van der Waals surface area (Å²) >= 11 is 0. The van der Waals surface area contributed by atoms with E-state index in [9.17, 15) is 4.39 Å². The number of likely N-dealkylation sites (N-methyl/N-ethyl adjacent to an activating group) is 1. The molecule has 21 heavy (non-hydrogen) atoms. The van der Waals surface area contributed by atoms with Crippen LogP contribution >= 0.6 is 0 Å². The first-order chi connectivity index (χ1) is 10.0. The first-order valence-electron chi connectivity index (χ1n) is 7.12. The Hall–Kier alpha value is -1.87. The molecule has 0 bridgehead atoms. The third kappa shape index (κ3) is 3.61. The third-order valence-electron chi connectivity index (χ3n) is 3.85. The van der Waals surface area contributed by atoms with Gasteiger partial charge in [-0.1, -0.05) is 29.8 Å². The quantitative estimate of drug-likeness (QED) is 0.899. The fourth-order valence-corrected chi connectivity index (χ4v) is 2.52. The molecule has 0 heterocycles. The minimum absolute atomic E-state index is 0.125. The fraction of sp³-hybridized carbons (Fsp3) is 0.333. The van der Waals surface area contributed by atoms with E-state index in [-0.39, 0.29) is 17.6 Å². The minimum atomic E-state index is -0.331. The van der Waals surface area contributed by atoms with Crippen molar-refractivity contribution in [3.63, 3.8) is 0 Å². The molecular weight excluding hydrogens is 265 g/mol. The minimum Gasteiger partial charge on any atom is -0.494 e. The molecule has 2 aromatic carbocycles. The van der Waals surface area contributed by atoms with E-state index in [1.165, 1.54) is 29.9 Å². The fourth-order valence-electron chi connectivity index (χ4n) is 2.52. The van der Waals surface area contributed by atoms with Crippen LogP contribution in [0.25, 0.3) is 0 Å². The zero-order valence-electron chi connectivity index (χ0n) is 13.0. The van der Waals surface area contributed by atoms with Crippen LogP contribution in [0.2, 0.25) is 0 Å². The molecule has 0 aliphatic rings. The van der Waals surface area contributed by atoms with Crippen LogP contribution in [0.1, 0.15) is 28.3 Å².